The van der Waals surface area contributed by atoms with Gasteiger partial charge in [0.05, 0.1) is 0 Å². The topological polar surface area (TPSA) is 46.5 Å². The number of benzene rings is 2. The molecule has 3 heteroatoms. The van der Waals surface area contributed by atoms with E-state index in [9.17, 15) is 9.90 Å². The van der Waals surface area contributed by atoms with Gasteiger partial charge in [-0.3, -0.25) is 0 Å². The lowest BCUT2D eigenvalue weighted by molar-refractivity contribution is -0.129. The average Bonchev–Trinajstić information content (AvgIpc) is 2.69. The van der Waals surface area contributed by atoms with Crippen LogP contribution >= 0.6 is 0 Å². The fraction of sp³-hybridized carbons (Fsp3) is 0.400. The van der Waals surface area contributed by atoms with Crippen LogP contribution in [0.15, 0.2) is 61.2 Å². The summed E-state index contributed by atoms with van der Waals surface area (Å²) in [6.07, 6.45) is 7.22. The van der Waals surface area contributed by atoms with E-state index in [4.69, 9.17) is 4.74 Å². The van der Waals surface area contributed by atoms with Crippen LogP contribution in [0.5, 0.6) is 11.5 Å². The molecule has 4 bridgehead atoms. The van der Waals surface area contributed by atoms with Gasteiger partial charge >= 0.3 is 5.97 Å². The molecule has 3 unspecified atom stereocenters. The van der Waals surface area contributed by atoms with Crippen molar-refractivity contribution in [2.45, 2.75) is 43.4 Å². The van der Waals surface area contributed by atoms with Crippen LogP contribution in [-0.4, -0.2) is 11.1 Å². The summed E-state index contributed by atoms with van der Waals surface area (Å²) in [5.74, 6) is 2.89. The molecule has 0 heterocycles. The molecule has 1 N–H and O–H groups in total. The number of phenols is 1. The van der Waals surface area contributed by atoms with Gasteiger partial charge in [0.2, 0.25) is 0 Å². The summed E-state index contributed by atoms with van der Waals surface area (Å²) >= 11 is 0. The van der Waals surface area contributed by atoms with E-state index < -0.39 is 5.97 Å². The number of carbonyl (C=O) groups excluding carboxylic acids is 1. The SMILES string of the molecule is C=CC(=O)Oc1ccccc1C12CC3CC(CC(C3)C1c1ccccc1O)C2. The predicted octanol–water partition coefficient (Wildman–Crippen LogP) is 5.35. The number of ether oxygens (including phenoxy) is 1. The highest BCUT2D eigenvalue weighted by atomic mass is 16.5. The zero-order chi connectivity index (χ0) is 19.3. The molecule has 2 aromatic carbocycles. The van der Waals surface area contributed by atoms with E-state index in [0.29, 0.717) is 17.4 Å². The van der Waals surface area contributed by atoms with Gasteiger partial charge in [0.15, 0.2) is 0 Å². The van der Waals surface area contributed by atoms with Crippen LogP contribution in [0.3, 0.4) is 0 Å². The number of carbonyl (C=O) groups is 1. The smallest absolute Gasteiger partial charge is 0.335 e. The largest absolute Gasteiger partial charge is 0.508 e. The molecule has 4 fully saturated rings. The molecule has 4 saturated carbocycles. The molecule has 0 aliphatic heterocycles. The summed E-state index contributed by atoms with van der Waals surface area (Å²) in [6, 6.07) is 15.8. The Bertz CT molecular complexity index is 917. The maximum Gasteiger partial charge on any atom is 0.335 e. The predicted molar refractivity (Wildman–Crippen MR) is 108 cm³/mol. The van der Waals surface area contributed by atoms with Crippen LogP contribution in [0.25, 0.3) is 0 Å². The summed E-state index contributed by atoms with van der Waals surface area (Å²) in [5, 5.41) is 10.7. The maximum absolute atomic E-state index is 12.0. The van der Waals surface area contributed by atoms with Crippen molar-refractivity contribution in [1.29, 1.82) is 0 Å². The van der Waals surface area contributed by atoms with E-state index in [2.05, 4.69) is 18.7 Å². The van der Waals surface area contributed by atoms with Crippen molar-refractivity contribution in [3.8, 4) is 11.5 Å². The first kappa shape index (κ1) is 17.5. The summed E-state index contributed by atoms with van der Waals surface area (Å²) < 4.78 is 5.68. The summed E-state index contributed by atoms with van der Waals surface area (Å²) in [5.41, 5.74) is 2.08. The van der Waals surface area contributed by atoms with Crippen LogP contribution in [0, 0.1) is 17.8 Å². The van der Waals surface area contributed by atoms with Crippen molar-refractivity contribution in [2.75, 3.05) is 0 Å². The lowest BCUT2D eigenvalue weighted by atomic mass is 9.42. The first-order valence-corrected chi connectivity index (χ1v) is 10.3. The van der Waals surface area contributed by atoms with Crippen LogP contribution < -0.4 is 4.74 Å². The van der Waals surface area contributed by atoms with Crippen molar-refractivity contribution in [1.82, 2.24) is 0 Å². The number of rotatable bonds is 4. The minimum Gasteiger partial charge on any atom is -0.508 e. The van der Waals surface area contributed by atoms with Gasteiger partial charge < -0.3 is 9.84 Å². The summed E-state index contributed by atoms with van der Waals surface area (Å²) in [4.78, 5) is 12.0. The van der Waals surface area contributed by atoms with Gasteiger partial charge in [0.1, 0.15) is 11.5 Å². The zero-order valence-electron chi connectivity index (χ0n) is 16.0. The maximum atomic E-state index is 12.0. The van der Waals surface area contributed by atoms with E-state index in [0.717, 1.165) is 35.8 Å². The Balaban J connectivity index is 1.68. The summed E-state index contributed by atoms with van der Waals surface area (Å²) in [7, 11) is 0. The molecular formula is C25H26O3. The highest BCUT2D eigenvalue weighted by Crippen LogP contribution is 2.68. The Labute approximate surface area is 166 Å². The second kappa shape index (κ2) is 6.51. The molecule has 0 radical (unpaired) electrons. The third-order valence-corrected chi connectivity index (χ3v) is 7.38. The minimum absolute atomic E-state index is 0.0916. The van der Waals surface area contributed by atoms with Crippen molar-refractivity contribution in [3.63, 3.8) is 0 Å². The van der Waals surface area contributed by atoms with E-state index in [1.807, 2.05) is 30.3 Å². The molecular weight excluding hydrogens is 348 g/mol. The number of para-hydroxylation sites is 2. The van der Waals surface area contributed by atoms with Gasteiger partial charge in [0, 0.05) is 23.0 Å². The fourth-order valence-electron chi connectivity index (χ4n) is 6.85. The van der Waals surface area contributed by atoms with Crippen molar-refractivity contribution in [2.24, 2.45) is 17.8 Å². The molecule has 28 heavy (non-hydrogen) atoms. The van der Waals surface area contributed by atoms with Gasteiger partial charge in [-0.2, -0.15) is 0 Å². The third kappa shape index (κ3) is 2.60. The number of phenolic OH excluding ortho intramolecular Hbond substituents is 1. The van der Waals surface area contributed by atoms with E-state index in [-0.39, 0.29) is 11.3 Å². The van der Waals surface area contributed by atoms with Crippen LogP contribution in [0.4, 0.5) is 0 Å². The molecule has 144 valence electrons. The van der Waals surface area contributed by atoms with Gasteiger partial charge in [-0.15, -0.1) is 0 Å². The lowest BCUT2D eigenvalue weighted by Crippen LogP contribution is -2.54. The third-order valence-electron chi connectivity index (χ3n) is 7.38. The minimum atomic E-state index is -0.420. The van der Waals surface area contributed by atoms with Crippen molar-refractivity contribution in [3.05, 3.63) is 72.3 Å². The molecule has 0 spiro atoms. The van der Waals surface area contributed by atoms with E-state index in [1.165, 1.54) is 25.3 Å². The quantitative estimate of drug-likeness (QED) is 0.446. The normalized spacial score (nSPS) is 32.9. The Kier molecular flexibility index (Phi) is 4.08. The average molecular weight is 374 g/mol. The number of esters is 1. The second-order valence-electron chi connectivity index (χ2n) is 8.92. The van der Waals surface area contributed by atoms with Crippen LogP contribution in [-0.2, 0) is 10.2 Å². The second-order valence-corrected chi connectivity index (χ2v) is 8.92. The molecule has 0 amide bonds. The number of hydrogen-bond donors (Lipinski definition) is 1. The van der Waals surface area contributed by atoms with Gasteiger partial charge in [-0.05, 0) is 67.6 Å². The first-order valence-electron chi connectivity index (χ1n) is 10.3. The Morgan fingerprint density at radius 1 is 1.04 bits per heavy atom. The summed E-state index contributed by atoms with van der Waals surface area (Å²) in [6.45, 7) is 3.55. The Morgan fingerprint density at radius 3 is 2.43 bits per heavy atom. The molecule has 3 atom stereocenters. The Hall–Kier alpha value is -2.55. The van der Waals surface area contributed by atoms with Crippen molar-refractivity contribution >= 4 is 5.97 Å². The molecule has 6 rings (SSSR count). The Morgan fingerprint density at radius 2 is 1.71 bits per heavy atom. The fourth-order valence-corrected chi connectivity index (χ4v) is 6.85. The highest BCUT2D eigenvalue weighted by Gasteiger charge is 2.59. The molecule has 0 aromatic heterocycles. The number of aromatic hydroxyl groups is 1. The first-order chi connectivity index (χ1) is 13.6. The highest BCUT2D eigenvalue weighted by molar-refractivity contribution is 5.83. The van der Waals surface area contributed by atoms with Gasteiger partial charge in [-0.1, -0.05) is 43.0 Å². The molecule has 2 aromatic rings. The van der Waals surface area contributed by atoms with Crippen LogP contribution in [0.1, 0.15) is 49.1 Å². The molecule has 0 saturated heterocycles. The lowest BCUT2D eigenvalue weighted by Gasteiger charge is -2.62. The molecule has 3 nitrogen and oxygen atoms in total. The molecule has 4 aliphatic carbocycles. The standard InChI is InChI=1S/C25H26O3/c1-2-23(27)28-22-10-6-4-8-20(22)25-14-16-11-17(15-25)13-18(12-16)24(25)19-7-3-5-9-21(19)26/h2-10,16-18,24,26H,1,11-15H2. The van der Waals surface area contributed by atoms with Crippen molar-refractivity contribution < 1.29 is 14.6 Å². The van der Waals surface area contributed by atoms with Gasteiger partial charge in [0.25, 0.3) is 0 Å². The van der Waals surface area contributed by atoms with E-state index >= 15 is 0 Å². The number of hydrogen-bond acceptors (Lipinski definition) is 3. The van der Waals surface area contributed by atoms with Crippen LogP contribution in [0.2, 0.25) is 0 Å². The molecule has 4 aliphatic rings. The zero-order valence-corrected chi connectivity index (χ0v) is 16.0. The monoisotopic (exact) mass is 374 g/mol. The van der Waals surface area contributed by atoms with Gasteiger partial charge in [-0.25, -0.2) is 4.79 Å². The van der Waals surface area contributed by atoms with E-state index in [1.54, 1.807) is 6.07 Å².